The minimum Gasteiger partial charge on any atom is -0.466 e. The van der Waals surface area contributed by atoms with Crippen LogP contribution in [0.15, 0.2) is 28.7 Å². The summed E-state index contributed by atoms with van der Waals surface area (Å²) in [4.78, 5) is 4.32. The molecule has 0 aromatic carbocycles. The highest BCUT2D eigenvalue weighted by Crippen LogP contribution is 2.24. The molecule has 1 unspecified atom stereocenters. The Bertz CT molecular complexity index is 536. The van der Waals surface area contributed by atoms with Crippen molar-refractivity contribution in [1.29, 1.82) is 0 Å². The third-order valence-corrected chi connectivity index (χ3v) is 2.81. The molecule has 0 saturated carbocycles. The number of hydrazine groups is 1. The van der Waals surface area contributed by atoms with Gasteiger partial charge in [0, 0.05) is 5.56 Å². The van der Waals surface area contributed by atoms with Gasteiger partial charge in [-0.25, -0.2) is 10.8 Å². The Morgan fingerprint density at radius 2 is 2.00 bits per heavy atom. The minimum atomic E-state index is 0.128. The maximum Gasteiger partial charge on any atom is 0.142 e. The maximum absolute atomic E-state index is 5.53. The molecule has 5 nitrogen and oxygen atoms in total. The normalized spacial score (nSPS) is 12.2. The molecule has 2 aromatic heterocycles. The summed E-state index contributed by atoms with van der Waals surface area (Å²) in [6, 6.07) is 7.77. The average Bonchev–Trinajstić information content (AvgIpc) is 2.69. The van der Waals surface area contributed by atoms with E-state index < -0.39 is 0 Å². The van der Waals surface area contributed by atoms with Gasteiger partial charge in [0.05, 0.1) is 6.04 Å². The standard InChI is InChI=1S/C13H18N4O/c1-8-7-11(10(3)18-8)9(2)15-12-5-4-6-13(16-12)17-14/h4-7,9H,14H2,1-3H3,(H2,15,16,17). The van der Waals surface area contributed by atoms with E-state index in [4.69, 9.17) is 10.3 Å². The van der Waals surface area contributed by atoms with Gasteiger partial charge >= 0.3 is 0 Å². The van der Waals surface area contributed by atoms with Gasteiger partial charge in [-0.15, -0.1) is 0 Å². The van der Waals surface area contributed by atoms with Gasteiger partial charge in [-0.05, 0) is 39.0 Å². The van der Waals surface area contributed by atoms with Crippen molar-refractivity contribution in [3.05, 3.63) is 41.3 Å². The lowest BCUT2D eigenvalue weighted by atomic mass is 10.1. The second kappa shape index (κ2) is 5.10. The molecule has 0 aliphatic carbocycles. The largest absolute Gasteiger partial charge is 0.466 e. The number of nitrogen functional groups attached to an aromatic ring is 1. The van der Waals surface area contributed by atoms with Crippen molar-refractivity contribution >= 4 is 11.6 Å². The van der Waals surface area contributed by atoms with Crippen LogP contribution < -0.4 is 16.6 Å². The Kier molecular flexibility index (Phi) is 3.53. The second-order valence-corrected chi connectivity index (χ2v) is 4.29. The van der Waals surface area contributed by atoms with E-state index in [2.05, 4.69) is 22.7 Å². The predicted molar refractivity (Wildman–Crippen MR) is 72.3 cm³/mol. The lowest BCUT2D eigenvalue weighted by Gasteiger charge is -2.14. The highest BCUT2D eigenvalue weighted by Gasteiger charge is 2.12. The summed E-state index contributed by atoms with van der Waals surface area (Å²) in [6.45, 7) is 5.98. The van der Waals surface area contributed by atoms with Gasteiger partial charge in [0.2, 0.25) is 0 Å². The minimum absolute atomic E-state index is 0.128. The van der Waals surface area contributed by atoms with E-state index in [0.29, 0.717) is 5.82 Å². The number of hydrogen-bond donors (Lipinski definition) is 3. The monoisotopic (exact) mass is 246 g/mol. The topological polar surface area (TPSA) is 76.1 Å². The van der Waals surface area contributed by atoms with Crippen LogP contribution in [-0.4, -0.2) is 4.98 Å². The Morgan fingerprint density at radius 3 is 2.61 bits per heavy atom. The molecule has 96 valence electrons. The van der Waals surface area contributed by atoms with Crippen LogP contribution in [0.25, 0.3) is 0 Å². The number of anilines is 2. The molecular weight excluding hydrogens is 228 g/mol. The van der Waals surface area contributed by atoms with Gasteiger partial charge in [0.25, 0.3) is 0 Å². The summed E-state index contributed by atoms with van der Waals surface area (Å²) in [5.41, 5.74) is 3.67. The van der Waals surface area contributed by atoms with E-state index in [1.807, 2.05) is 38.1 Å². The summed E-state index contributed by atoms with van der Waals surface area (Å²) in [7, 11) is 0. The fourth-order valence-electron chi connectivity index (χ4n) is 1.98. The third kappa shape index (κ3) is 2.62. The van der Waals surface area contributed by atoms with E-state index in [9.17, 15) is 0 Å². The lowest BCUT2D eigenvalue weighted by molar-refractivity contribution is 0.500. The Labute approximate surface area is 106 Å². The molecule has 0 bridgehead atoms. The van der Waals surface area contributed by atoms with Gasteiger partial charge in [0.15, 0.2) is 0 Å². The zero-order chi connectivity index (χ0) is 13.1. The third-order valence-electron chi connectivity index (χ3n) is 2.81. The molecule has 0 aliphatic rings. The summed E-state index contributed by atoms with van der Waals surface area (Å²) < 4.78 is 5.53. The van der Waals surface area contributed by atoms with E-state index in [1.165, 1.54) is 0 Å². The van der Waals surface area contributed by atoms with Gasteiger partial charge in [-0.1, -0.05) is 6.07 Å². The molecule has 0 aliphatic heterocycles. The second-order valence-electron chi connectivity index (χ2n) is 4.29. The number of nitrogens with two attached hydrogens (primary N) is 1. The Morgan fingerprint density at radius 1 is 1.28 bits per heavy atom. The maximum atomic E-state index is 5.53. The highest BCUT2D eigenvalue weighted by molar-refractivity contribution is 5.46. The lowest BCUT2D eigenvalue weighted by Crippen LogP contribution is -2.11. The molecule has 0 amide bonds. The fraction of sp³-hybridized carbons (Fsp3) is 0.308. The number of nitrogens with one attached hydrogen (secondary N) is 2. The Balaban J connectivity index is 2.15. The summed E-state index contributed by atoms with van der Waals surface area (Å²) >= 11 is 0. The van der Waals surface area contributed by atoms with E-state index in [0.717, 1.165) is 22.9 Å². The van der Waals surface area contributed by atoms with E-state index in [-0.39, 0.29) is 6.04 Å². The highest BCUT2D eigenvalue weighted by atomic mass is 16.3. The molecule has 0 saturated heterocycles. The van der Waals surface area contributed by atoms with Crippen molar-refractivity contribution in [3.8, 4) is 0 Å². The van der Waals surface area contributed by atoms with E-state index >= 15 is 0 Å². The molecule has 4 N–H and O–H groups in total. The van der Waals surface area contributed by atoms with Crippen molar-refractivity contribution in [1.82, 2.24) is 4.98 Å². The number of pyridine rings is 1. The molecule has 5 heteroatoms. The van der Waals surface area contributed by atoms with Crippen LogP contribution in [0.3, 0.4) is 0 Å². The summed E-state index contributed by atoms with van der Waals surface area (Å²) in [5, 5.41) is 3.32. The van der Waals surface area contributed by atoms with Crippen molar-refractivity contribution in [2.75, 3.05) is 10.7 Å². The van der Waals surface area contributed by atoms with Crippen LogP contribution >= 0.6 is 0 Å². The number of nitrogens with zero attached hydrogens (tertiary/aromatic N) is 1. The SMILES string of the molecule is Cc1cc(C(C)Nc2cccc(NN)n2)c(C)o1. The molecule has 0 spiro atoms. The van der Waals surface area contributed by atoms with E-state index in [1.54, 1.807) is 0 Å². The first kappa shape index (κ1) is 12.4. The first-order valence-electron chi connectivity index (χ1n) is 5.87. The molecule has 2 rings (SSSR count). The van der Waals surface area contributed by atoms with Crippen molar-refractivity contribution in [3.63, 3.8) is 0 Å². The molecule has 2 aromatic rings. The molecular formula is C13H18N4O. The smallest absolute Gasteiger partial charge is 0.142 e. The molecule has 0 fully saturated rings. The Hall–Kier alpha value is -2.01. The fourth-order valence-corrected chi connectivity index (χ4v) is 1.98. The van der Waals surface area contributed by atoms with Crippen molar-refractivity contribution < 1.29 is 4.42 Å². The molecule has 2 heterocycles. The first-order valence-corrected chi connectivity index (χ1v) is 5.87. The zero-order valence-corrected chi connectivity index (χ0v) is 10.8. The quantitative estimate of drug-likeness (QED) is 0.571. The number of aromatic nitrogens is 1. The number of hydrogen-bond acceptors (Lipinski definition) is 5. The first-order chi connectivity index (χ1) is 8.60. The summed E-state index contributed by atoms with van der Waals surface area (Å²) in [5.74, 6) is 8.59. The summed E-state index contributed by atoms with van der Waals surface area (Å²) in [6.07, 6.45) is 0. The van der Waals surface area contributed by atoms with Crippen LogP contribution in [-0.2, 0) is 0 Å². The number of furan rings is 1. The average molecular weight is 246 g/mol. The van der Waals surface area contributed by atoms with Gasteiger partial charge in [-0.3, -0.25) is 0 Å². The molecule has 18 heavy (non-hydrogen) atoms. The predicted octanol–water partition coefficient (Wildman–Crippen LogP) is 2.75. The van der Waals surface area contributed by atoms with Crippen LogP contribution in [0.4, 0.5) is 11.6 Å². The zero-order valence-electron chi connectivity index (χ0n) is 10.8. The van der Waals surface area contributed by atoms with Gasteiger partial charge < -0.3 is 15.2 Å². The number of aryl methyl sites for hydroxylation is 2. The van der Waals surface area contributed by atoms with Crippen LogP contribution in [0.2, 0.25) is 0 Å². The van der Waals surface area contributed by atoms with Gasteiger partial charge in [-0.2, -0.15) is 0 Å². The van der Waals surface area contributed by atoms with Crippen LogP contribution in [0.1, 0.15) is 30.0 Å². The van der Waals surface area contributed by atoms with Crippen molar-refractivity contribution in [2.24, 2.45) is 5.84 Å². The molecule has 0 radical (unpaired) electrons. The van der Waals surface area contributed by atoms with Crippen molar-refractivity contribution in [2.45, 2.75) is 26.8 Å². The van der Waals surface area contributed by atoms with Crippen LogP contribution in [0.5, 0.6) is 0 Å². The number of rotatable bonds is 4. The van der Waals surface area contributed by atoms with Crippen LogP contribution in [0, 0.1) is 13.8 Å². The van der Waals surface area contributed by atoms with Gasteiger partial charge in [0.1, 0.15) is 23.2 Å². The molecule has 1 atom stereocenters.